The summed E-state index contributed by atoms with van der Waals surface area (Å²) in [5.74, 6) is -0.797. The van der Waals surface area contributed by atoms with Crippen LogP contribution >= 0.6 is 0 Å². The molecule has 46 heavy (non-hydrogen) atoms. The maximum Gasteiger partial charge on any atom is 0.266 e. The van der Waals surface area contributed by atoms with Crippen molar-refractivity contribution < 1.29 is 29.3 Å². The van der Waals surface area contributed by atoms with Gasteiger partial charge in [-0.15, -0.1) is 0 Å². The largest absolute Gasteiger partial charge is 0.454 e. The van der Waals surface area contributed by atoms with Crippen LogP contribution in [0.25, 0.3) is 0 Å². The number of hydrogen-bond acceptors (Lipinski definition) is 6. The number of anilines is 3. The Morgan fingerprint density at radius 1 is 0.935 bits per heavy atom. The van der Waals surface area contributed by atoms with E-state index in [1.54, 1.807) is 85.6 Å². The molecule has 0 saturated heterocycles. The van der Waals surface area contributed by atoms with Crippen LogP contribution in [0.15, 0.2) is 109 Å². The van der Waals surface area contributed by atoms with Crippen molar-refractivity contribution in [3.8, 4) is 11.5 Å². The Morgan fingerprint density at radius 2 is 1.63 bits per heavy atom. The molecule has 0 aromatic heterocycles. The van der Waals surface area contributed by atoms with Crippen molar-refractivity contribution >= 4 is 34.8 Å². The molecule has 0 unspecified atom stereocenters. The van der Waals surface area contributed by atoms with Crippen LogP contribution < -0.4 is 14.5 Å². The van der Waals surface area contributed by atoms with E-state index >= 15 is 0 Å². The minimum atomic E-state index is -1.95. The first-order valence-electron chi connectivity index (χ1n) is 15.2. The SMILES string of the molecule is C[C@H](/C=C/CC(=O)N(CCO)Cc1ccccc1)[C@@]1(O)C(=O)N(C)c2ccc(N3C(=O)c4ccccc4Oc4ccccc43)cc21. The molecule has 2 atom stereocenters. The van der Waals surface area contributed by atoms with E-state index in [2.05, 4.69) is 0 Å². The molecule has 0 aliphatic carbocycles. The number of rotatable bonds is 9. The quantitative estimate of drug-likeness (QED) is 0.239. The third-order valence-electron chi connectivity index (χ3n) is 8.60. The van der Waals surface area contributed by atoms with E-state index in [9.17, 15) is 24.6 Å². The number of nitrogens with zero attached hydrogens (tertiary/aromatic N) is 3. The van der Waals surface area contributed by atoms with Crippen LogP contribution in [0.5, 0.6) is 11.5 Å². The van der Waals surface area contributed by atoms with Crippen molar-refractivity contribution in [3.05, 3.63) is 126 Å². The Kier molecular flexibility index (Phi) is 8.44. The normalized spacial score (nSPS) is 17.7. The standard InChI is InChI=1S/C37H35N3O6/c1-25(11-10-18-34(42)39(21-22-41)24-26-12-4-3-5-13-26)37(45)29-23-27(19-20-30(29)38(2)36(37)44)40-31-15-7-9-17-33(31)46-32-16-8-6-14-28(32)35(40)43/h3-17,19-20,23,25,41,45H,18,21-22,24H2,1-2H3/b11-10+/t25-,37+/m1/s1. The first kappa shape index (κ1) is 30.8. The van der Waals surface area contributed by atoms with Crippen LogP contribution in [0.2, 0.25) is 0 Å². The average molecular weight is 618 g/mol. The number of carbonyl (C=O) groups is 3. The highest BCUT2D eigenvalue weighted by atomic mass is 16.5. The number of benzene rings is 4. The number of ether oxygens (including phenoxy) is 1. The maximum absolute atomic E-state index is 14.0. The summed E-state index contributed by atoms with van der Waals surface area (Å²) in [6, 6.07) is 28.9. The number of carbonyl (C=O) groups excluding carboxylic acids is 3. The molecule has 2 N–H and O–H groups in total. The molecule has 4 aromatic rings. The molecule has 0 saturated carbocycles. The summed E-state index contributed by atoms with van der Waals surface area (Å²) >= 11 is 0. The zero-order chi connectivity index (χ0) is 32.4. The van der Waals surface area contributed by atoms with Crippen LogP contribution in [-0.4, -0.2) is 53.0 Å². The Bertz CT molecular complexity index is 1820. The van der Waals surface area contributed by atoms with Crippen LogP contribution in [0.1, 0.15) is 34.8 Å². The van der Waals surface area contributed by atoms with Gasteiger partial charge in [0.2, 0.25) is 5.91 Å². The molecule has 2 heterocycles. The zero-order valence-electron chi connectivity index (χ0n) is 25.7. The van der Waals surface area contributed by atoms with Crippen LogP contribution in [0.4, 0.5) is 17.1 Å². The third-order valence-corrected chi connectivity index (χ3v) is 8.60. The Labute approximate surface area is 267 Å². The van der Waals surface area contributed by atoms with Gasteiger partial charge in [0, 0.05) is 43.7 Å². The van der Waals surface area contributed by atoms with Crippen molar-refractivity contribution in [2.75, 3.05) is 30.0 Å². The van der Waals surface area contributed by atoms with Crippen molar-refractivity contribution in [2.24, 2.45) is 5.92 Å². The molecule has 2 aliphatic rings. The molecule has 6 rings (SSSR count). The van der Waals surface area contributed by atoms with Gasteiger partial charge >= 0.3 is 0 Å². The van der Waals surface area contributed by atoms with E-state index in [0.717, 1.165) is 5.56 Å². The monoisotopic (exact) mass is 617 g/mol. The lowest BCUT2D eigenvalue weighted by Gasteiger charge is -2.28. The Balaban J connectivity index is 1.30. The predicted octanol–water partition coefficient (Wildman–Crippen LogP) is 5.54. The van der Waals surface area contributed by atoms with Gasteiger partial charge in [-0.3, -0.25) is 19.3 Å². The summed E-state index contributed by atoms with van der Waals surface area (Å²) in [6.45, 7) is 2.11. The fourth-order valence-corrected chi connectivity index (χ4v) is 6.10. The summed E-state index contributed by atoms with van der Waals surface area (Å²) < 4.78 is 6.13. The fraction of sp³-hybridized carbons (Fsp3) is 0.216. The van der Waals surface area contributed by atoms with Gasteiger partial charge in [0.1, 0.15) is 5.75 Å². The fourth-order valence-electron chi connectivity index (χ4n) is 6.10. The van der Waals surface area contributed by atoms with Crippen molar-refractivity contribution in [2.45, 2.75) is 25.5 Å². The molecule has 0 spiro atoms. The van der Waals surface area contributed by atoms with E-state index in [0.29, 0.717) is 46.2 Å². The minimum Gasteiger partial charge on any atom is -0.454 e. The second-order valence-corrected chi connectivity index (χ2v) is 11.5. The first-order chi connectivity index (χ1) is 22.2. The zero-order valence-corrected chi connectivity index (χ0v) is 25.7. The maximum atomic E-state index is 14.0. The lowest BCUT2D eigenvalue weighted by Crippen LogP contribution is -2.43. The Morgan fingerprint density at radius 3 is 2.39 bits per heavy atom. The first-order valence-corrected chi connectivity index (χ1v) is 15.2. The van der Waals surface area contributed by atoms with Gasteiger partial charge < -0.3 is 24.7 Å². The number of aliphatic hydroxyl groups is 2. The molecule has 0 radical (unpaired) electrons. The lowest BCUT2D eigenvalue weighted by molar-refractivity contribution is -0.139. The van der Waals surface area contributed by atoms with E-state index in [-0.39, 0.29) is 31.4 Å². The molecule has 4 aromatic carbocycles. The number of aliphatic hydroxyl groups excluding tert-OH is 1. The van der Waals surface area contributed by atoms with Crippen molar-refractivity contribution in [1.82, 2.24) is 4.90 Å². The molecule has 3 amide bonds. The minimum absolute atomic E-state index is 0.0304. The highest BCUT2D eigenvalue weighted by Crippen LogP contribution is 2.48. The molecule has 0 fully saturated rings. The topological polar surface area (TPSA) is 111 Å². The number of fused-ring (bicyclic) bond motifs is 3. The van der Waals surface area contributed by atoms with Gasteiger partial charge in [-0.25, -0.2) is 0 Å². The van der Waals surface area contributed by atoms with Gasteiger partial charge in [0.05, 0.1) is 23.5 Å². The average Bonchev–Trinajstić information content (AvgIpc) is 3.18. The number of para-hydroxylation sites is 3. The molecule has 234 valence electrons. The molecular weight excluding hydrogens is 582 g/mol. The Hall–Kier alpha value is -5.25. The predicted molar refractivity (Wildman–Crippen MR) is 175 cm³/mol. The van der Waals surface area contributed by atoms with Crippen molar-refractivity contribution in [1.29, 1.82) is 0 Å². The van der Waals surface area contributed by atoms with Gasteiger partial charge in [-0.1, -0.05) is 73.7 Å². The van der Waals surface area contributed by atoms with Gasteiger partial charge in [0.25, 0.3) is 11.8 Å². The van der Waals surface area contributed by atoms with Crippen LogP contribution in [0, 0.1) is 5.92 Å². The van der Waals surface area contributed by atoms with E-state index in [1.165, 1.54) is 9.80 Å². The third kappa shape index (κ3) is 5.44. The van der Waals surface area contributed by atoms with E-state index in [4.69, 9.17) is 4.74 Å². The van der Waals surface area contributed by atoms with Crippen molar-refractivity contribution in [3.63, 3.8) is 0 Å². The highest BCUT2D eigenvalue weighted by Gasteiger charge is 2.51. The smallest absolute Gasteiger partial charge is 0.266 e. The second-order valence-electron chi connectivity index (χ2n) is 11.5. The van der Waals surface area contributed by atoms with Gasteiger partial charge in [-0.05, 0) is 48.0 Å². The van der Waals surface area contributed by atoms with Gasteiger partial charge in [-0.2, -0.15) is 0 Å². The molecule has 0 bridgehead atoms. The molecular formula is C37H35N3O6. The summed E-state index contributed by atoms with van der Waals surface area (Å²) in [7, 11) is 1.60. The number of hydrogen-bond donors (Lipinski definition) is 2. The van der Waals surface area contributed by atoms with Crippen LogP contribution in [-0.2, 0) is 21.7 Å². The van der Waals surface area contributed by atoms with E-state index < -0.39 is 17.4 Å². The molecule has 2 aliphatic heterocycles. The highest BCUT2D eigenvalue weighted by molar-refractivity contribution is 6.15. The van der Waals surface area contributed by atoms with E-state index in [1.807, 2.05) is 42.5 Å². The second kappa shape index (κ2) is 12.6. The number of likely N-dealkylation sites (N-methyl/N-ethyl adjacent to an activating group) is 1. The summed E-state index contributed by atoms with van der Waals surface area (Å²) in [6.07, 6.45) is 3.35. The van der Waals surface area contributed by atoms with Gasteiger partial charge in [0.15, 0.2) is 11.4 Å². The van der Waals surface area contributed by atoms with Crippen LogP contribution in [0.3, 0.4) is 0 Å². The summed E-state index contributed by atoms with van der Waals surface area (Å²) in [5, 5.41) is 21.6. The summed E-state index contributed by atoms with van der Waals surface area (Å²) in [4.78, 5) is 45.2. The molecule has 9 heteroatoms. The molecule has 9 nitrogen and oxygen atoms in total. The number of amides is 3. The lowest BCUT2D eigenvalue weighted by atomic mass is 9.82. The summed E-state index contributed by atoms with van der Waals surface area (Å²) in [5.41, 5.74) is 1.25.